The van der Waals surface area contributed by atoms with E-state index in [0.29, 0.717) is 132 Å². The molecule has 1 saturated heterocycles. The normalized spacial score (nSPS) is 14.0. The van der Waals surface area contributed by atoms with Crippen LogP contribution in [-0.2, 0) is 45.3 Å². The van der Waals surface area contributed by atoms with Gasteiger partial charge in [-0.2, -0.15) is 0 Å². The smallest absolute Gasteiger partial charge is 0.261 e. The fourth-order valence-corrected chi connectivity index (χ4v) is 11.4. The number of methoxy groups -OCH3 is 4. The molecular weight excluding hydrogens is 1130 g/mol. The van der Waals surface area contributed by atoms with E-state index < -0.39 is 23.6 Å². The number of para-hydroxylation sites is 1. The van der Waals surface area contributed by atoms with Gasteiger partial charge in [-0.3, -0.25) is 52.6 Å². The number of amides is 4. The Morgan fingerprint density at radius 3 is 1.52 bits per heavy atom. The van der Waals surface area contributed by atoms with Gasteiger partial charge in [0.15, 0.2) is 23.0 Å². The molecule has 9 aromatic rings. The third-order valence-corrected chi connectivity index (χ3v) is 16.2. The maximum absolute atomic E-state index is 14.6. The van der Waals surface area contributed by atoms with Gasteiger partial charge in [-0.05, 0) is 115 Å². The summed E-state index contributed by atoms with van der Waals surface area (Å²) in [7, 11) is 6.26. The maximum atomic E-state index is 14.6. The van der Waals surface area contributed by atoms with Crippen molar-refractivity contribution in [1.29, 1.82) is 0 Å². The van der Waals surface area contributed by atoms with Gasteiger partial charge in [-0.1, -0.05) is 24.3 Å². The van der Waals surface area contributed by atoms with Crippen molar-refractivity contribution < 1.29 is 52.3 Å². The van der Waals surface area contributed by atoms with Crippen molar-refractivity contribution in [1.82, 2.24) is 43.4 Å². The van der Waals surface area contributed by atoms with Crippen LogP contribution in [0.3, 0.4) is 0 Å². The zero-order chi connectivity index (χ0) is 61.0. The van der Waals surface area contributed by atoms with E-state index in [0.717, 1.165) is 11.1 Å². The Bertz CT molecular complexity index is 4290. The number of hydrogen-bond donors (Lipinski definition) is 0. The van der Waals surface area contributed by atoms with Crippen molar-refractivity contribution in [2.45, 2.75) is 51.4 Å². The van der Waals surface area contributed by atoms with Crippen LogP contribution in [0, 0.1) is 0 Å². The molecule has 0 N–H and O–H groups in total. The van der Waals surface area contributed by atoms with Gasteiger partial charge in [0, 0.05) is 71.0 Å². The van der Waals surface area contributed by atoms with Crippen LogP contribution in [0.1, 0.15) is 64.2 Å². The number of aryl methyl sites for hydroxylation is 2. The lowest BCUT2D eigenvalue weighted by Crippen LogP contribution is -2.54. The predicted molar refractivity (Wildman–Crippen MR) is 324 cm³/mol. The lowest BCUT2D eigenvalue weighted by Gasteiger charge is -2.38. The van der Waals surface area contributed by atoms with Gasteiger partial charge >= 0.3 is 0 Å². The lowest BCUT2D eigenvalue weighted by molar-refractivity contribution is 0.0128. The fourth-order valence-electron chi connectivity index (χ4n) is 11.4. The summed E-state index contributed by atoms with van der Waals surface area (Å²) in [6.45, 7) is 3.47. The summed E-state index contributed by atoms with van der Waals surface area (Å²) in [5.74, 6) is 2.80. The number of carbonyl (C=O) groups is 4. The molecule has 12 rings (SSSR count). The summed E-state index contributed by atoms with van der Waals surface area (Å²) in [6, 6.07) is 33.3. The first-order chi connectivity index (χ1) is 42.9. The Morgan fingerprint density at radius 2 is 0.977 bits per heavy atom. The van der Waals surface area contributed by atoms with Crippen molar-refractivity contribution in [3.63, 3.8) is 0 Å². The number of rotatable bonds is 26. The van der Waals surface area contributed by atoms with Gasteiger partial charge < -0.3 is 37.7 Å². The van der Waals surface area contributed by atoms with Crippen LogP contribution in [0.5, 0.6) is 40.2 Å². The highest BCUT2D eigenvalue weighted by molar-refractivity contribution is 6.22. The van der Waals surface area contributed by atoms with Gasteiger partial charge in [-0.25, -0.2) is 15.0 Å². The van der Waals surface area contributed by atoms with Gasteiger partial charge in [0.2, 0.25) is 0 Å². The van der Waals surface area contributed by atoms with Crippen LogP contribution < -0.4 is 44.3 Å². The van der Waals surface area contributed by atoms with Gasteiger partial charge in [0.25, 0.3) is 34.7 Å². The molecule has 22 nitrogen and oxygen atoms in total. The molecular formula is C66H63N9O13. The quantitative estimate of drug-likeness (QED) is 0.0512. The molecule has 0 bridgehead atoms. The molecule has 22 heteroatoms. The molecule has 0 spiro atoms. The first-order valence-corrected chi connectivity index (χ1v) is 28.9. The van der Waals surface area contributed by atoms with E-state index >= 15 is 0 Å². The molecule has 3 aliphatic rings. The Labute approximate surface area is 504 Å². The van der Waals surface area contributed by atoms with E-state index in [1.165, 1.54) is 9.80 Å². The molecule has 4 amide bonds. The van der Waals surface area contributed by atoms with Crippen LogP contribution in [0.15, 0.2) is 144 Å². The standard InChI is InChI=1S/C66H63N9O13/c1-82-55-17-9-41(33-57(55)84-3)19-24-72-59(68-53-8-6-5-7-49(53)63(72)78)21-26-74-61(76)48-15-12-44(36-51(48)65(74)80)87-32-30-71-38-46(39-71)88-45-13-16-54-52(37-45)66(81)73(25-20-42-10-18-56(83-2)58(34-42)85-4)60(69-54)22-27-75-62(77)47-14-11-43(35-50(47)64(75)79)86-31-29-70-28-23-67-40-70/h5-18,23,28,33-37,40,46H,19-22,24-27,29-32,38-39H2,1-4H3. The summed E-state index contributed by atoms with van der Waals surface area (Å²) in [5.41, 5.74) is 3.32. The van der Waals surface area contributed by atoms with Crippen LogP contribution in [0.2, 0.25) is 0 Å². The van der Waals surface area contributed by atoms with Crippen LogP contribution in [0.4, 0.5) is 0 Å². The number of benzene rings is 6. The third kappa shape index (κ3) is 11.8. The van der Waals surface area contributed by atoms with E-state index in [2.05, 4.69) is 9.88 Å². The monoisotopic (exact) mass is 1190 g/mol. The predicted octanol–water partition coefficient (Wildman–Crippen LogP) is 6.72. The van der Waals surface area contributed by atoms with Gasteiger partial charge in [0.1, 0.15) is 48.2 Å². The Hall–Kier alpha value is -10.4. The first-order valence-electron chi connectivity index (χ1n) is 28.9. The average molecular weight is 1190 g/mol. The molecule has 0 radical (unpaired) electrons. The summed E-state index contributed by atoms with van der Waals surface area (Å²) >= 11 is 0. The zero-order valence-electron chi connectivity index (χ0n) is 49.0. The highest BCUT2D eigenvalue weighted by atomic mass is 16.5. The topological polar surface area (TPSA) is 230 Å². The van der Waals surface area contributed by atoms with Crippen molar-refractivity contribution in [3.8, 4) is 40.2 Å². The lowest BCUT2D eigenvalue weighted by atomic mass is 10.1. The van der Waals surface area contributed by atoms with Crippen LogP contribution in [0.25, 0.3) is 21.8 Å². The molecule has 0 aliphatic carbocycles. The minimum absolute atomic E-state index is 0.0101. The number of hydrogen-bond acceptors (Lipinski definition) is 17. The SMILES string of the molecule is COc1ccc(CCn2c(CCN3C(=O)c4ccc(OCCN5CC(Oc6ccc7nc(CCN8C(=O)c9ccc(OCCn%10ccnc%10)cc9C8=O)n(CCc8ccc(OC)c(OC)c8)c(=O)c7c6)C5)cc4C3=O)nc3ccccc3c2=O)cc1OC. The average Bonchev–Trinajstić information content (AvgIpc) is 1.74. The Morgan fingerprint density at radius 1 is 0.466 bits per heavy atom. The molecule has 88 heavy (non-hydrogen) atoms. The molecule has 0 unspecified atom stereocenters. The number of aromatic nitrogens is 6. The fraction of sp³-hybridized carbons (Fsp3) is 0.288. The Balaban J connectivity index is 0.665. The number of nitrogens with zero attached hydrogens (tertiary/aromatic N) is 9. The van der Waals surface area contributed by atoms with Gasteiger partial charge in [-0.15, -0.1) is 0 Å². The number of imidazole rings is 1. The number of imide groups is 2. The summed E-state index contributed by atoms with van der Waals surface area (Å²) in [5, 5.41) is 0.822. The first kappa shape index (κ1) is 58.1. The van der Waals surface area contributed by atoms with Crippen molar-refractivity contribution in [2.24, 2.45) is 0 Å². The zero-order valence-corrected chi connectivity index (χ0v) is 49.0. The minimum Gasteiger partial charge on any atom is -0.493 e. The second kappa shape index (κ2) is 25.3. The molecule has 3 aliphatic heterocycles. The van der Waals surface area contributed by atoms with E-state index in [9.17, 15) is 28.8 Å². The molecule has 0 saturated carbocycles. The molecule has 6 aromatic carbocycles. The van der Waals surface area contributed by atoms with E-state index in [-0.39, 0.29) is 72.0 Å². The molecule has 450 valence electrons. The second-order valence-electron chi connectivity index (χ2n) is 21.5. The third-order valence-electron chi connectivity index (χ3n) is 16.2. The number of likely N-dealkylation sites (tertiary alicyclic amines) is 1. The van der Waals surface area contributed by atoms with Crippen LogP contribution >= 0.6 is 0 Å². The minimum atomic E-state index is -0.453. The van der Waals surface area contributed by atoms with Crippen molar-refractivity contribution in [3.05, 3.63) is 200 Å². The maximum Gasteiger partial charge on any atom is 0.261 e. The summed E-state index contributed by atoms with van der Waals surface area (Å²) in [4.78, 5) is 102. The van der Waals surface area contributed by atoms with Crippen molar-refractivity contribution in [2.75, 3.05) is 74.4 Å². The van der Waals surface area contributed by atoms with Crippen LogP contribution in [-0.4, -0.2) is 147 Å². The van der Waals surface area contributed by atoms with E-state index in [1.807, 2.05) is 53.2 Å². The van der Waals surface area contributed by atoms with Crippen molar-refractivity contribution >= 4 is 45.4 Å². The molecule has 6 heterocycles. The molecule has 0 atom stereocenters. The Kier molecular flexibility index (Phi) is 16.7. The number of ether oxygens (including phenoxy) is 7. The largest absolute Gasteiger partial charge is 0.493 e. The second-order valence-corrected chi connectivity index (χ2v) is 21.5. The van der Waals surface area contributed by atoms with Gasteiger partial charge in [0.05, 0.1) is 85.4 Å². The van der Waals surface area contributed by atoms with E-state index in [4.69, 9.17) is 43.1 Å². The highest BCUT2D eigenvalue weighted by Gasteiger charge is 2.38. The molecule has 3 aromatic heterocycles. The highest BCUT2D eigenvalue weighted by Crippen LogP contribution is 2.32. The number of carbonyl (C=O) groups excluding carboxylic acids is 4. The number of fused-ring (bicyclic) bond motifs is 4. The summed E-state index contributed by atoms with van der Waals surface area (Å²) < 4.78 is 45.4. The summed E-state index contributed by atoms with van der Waals surface area (Å²) in [6.07, 6.45) is 6.22. The molecule has 1 fully saturated rings. The van der Waals surface area contributed by atoms with E-state index in [1.54, 1.807) is 123 Å².